The van der Waals surface area contributed by atoms with Gasteiger partial charge in [0.2, 0.25) is 0 Å². The van der Waals surface area contributed by atoms with Crippen LogP contribution in [-0.2, 0) is 4.74 Å². The highest BCUT2D eigenvalue weighted by Crippen LogP contribution is 2.29. The van der Waals surface area contributed by atoms with Crippen LogP contribution in [0.3, 0.4) is 0 Å². The quantitative estimate of drug-likeness (QED) is 0.783. The average molecular weight is 312 g/mol. The van der Waals surface area contributed by atoms with Crippen molar-refractivity contribution < 1.29 is 4.74 Å². The molecule has 3 aromatic heterocycles. The van der Waals surface area contributed by atoms with Crippen molar-refractivity contribution in [3.63, 3.8) is 0 Å². The number of aromatic amines is 1. The Labute approximate surface area is 134 Å². The Morgan fingerprint density at radius 3 is 2.96 bits per heavy atom. The molecule has 0 amide bonds. The SMILES string of the molecule is Cc1n[nH]c(C)c1-c1cc(N2CCOC[C@H]2C)nc2ccnn12. The van der Waals surface area contributed by atoms with Crippen molar-refractivity contribution in [2.45, 2.75) is 26.8 Å². The molecule has 23 heavy (non-hydrogen) atoms. The normalized spacial score (nSPS) is 18.7. The van der Waals surface area contributed by atoms with Crippen molar-refractivity contribution in [1.29, 1.82) is 0 Å². The van der Waals surface area contributed by atoms with Gasteiger partial charge in [0.1, 0.15) is 5.82 Å². The first-order chi connectivity index (χ1) is 11.1. The summed E-state index contributed by atoms with van der Waals surface area (Å²) >= 11 is 0. The van der Waals surface area contributed by atoms with E-state index in [4.69, 9.17) is 9.72 Å². The molecule has 3 aromatic rings. The van der Waals surface area contributed by atoms with Gasteiger partial charge in [-0.15, -0.1) is 0 Å². The second-order valence-electron chi connectivity index (χ2n) is 6.03. The number of fused-ring (bicyclic) bond motifs is 1. The lowest BCUT2D eigenvalue weighted by Gasteiger charge is -2.34. The fourth-order valence-electron chi connectivity index (χ4n) is 3.22. The molecule has 0 aliphatic carbocycles. The Morgan fingerprint density at radius 2 is 2.22 bits per heavy atom. The standard InChI is InChI=1S/C16H20N6O/c1-10-9-23-7-6-21(10)15-8-13(16-11(2)19-20-12(16)3)22-14(18-15)4-5-17-22/h4-5,8,10H,6-7,9H2,1-3H3,(H,19,20)/t10-/m1/s1. The second-order valence-corrected chi connectivity index (χ2v) is 6.03. The maximum atomic E-state index is 5.54. The molecule has 0 aromatic carbocycles. The summed E-state index contributed by atoms with van der Waals surface area (Å²) in [7, 11) is 0. The van der Waals surface area contributed by atoms with Crippen molar-refractivity contribution >= 4 is 11.5 Å². The molecule has 0 saturated carbocycles. The third-order valence-corrected chi connectivity index (χ3v) is 4.39. The Bertz CT molecular complexity index is 832. The van der Waals surface area contributed by atoms with Crippen LogP contribution < -0.4 is 4.90 Å². The van der Waals surface area contributed by atoms with Crippen molar-refractivity contribution in [1.82, 2.24) is 24.8 Å². The van der Waals surface area contributed by atoms with Crippen molar-refractivity contribution in [2.75, 3.05) is 24.7 Å². The number of aromatic nitrogens is 5. The van der Waals surface area contributed by atoms with Gasteiger partial charge in [-0.2, -0.15) is 10.2 Å². The number of hydrogen-bond acceptors (Lipinski definition) is 5. The van der Waals surface area contributed by atoms with Gasteiger partial charge in [-0.05, 0) is 20.8 Å². The summed E-state index contributed by atoms with van der Waals surface area (Å²) in [5.41, 5.74) is 4.94. The van der Waals surface area contributed by atoms with Crippen LogP contribution in [0.4, 0.5) is 5.82 Å². The predicted molar refractivity (Wildman–Crippen MR) is 87.7 cm³/mol. The molecule has 1 aliphatic heterocycles. The van der Waals surface area contributed by atoms with Crippen LogP contribution in [0.15, 0.2) is 18.3 Å². The van der Waals surface area contributed by atoms with Crippen molar-refractivity contribution in [3.8, 4) is 11.3 Å². The summed E-state index contributed by atoms with van der Waals surface area (Å²) in [5, 5.41) is 11.8. The predicted octanol–water partition coefficient (Wildman–Crippen LogP) is 1.96. The minimum atomic E-state index is 0.306. The Balaban J connectivity index is 1.91. The van der Waals surface area contributed by atoms with Gasteiger partial charge in [0.25, 0.3) is 0 Å². The first-order valence-corrected chi connectivity index (χ1v) is 7.86. The summed E-state index contributed by atoms with van der Waals surface area (Å²) in [6, 6.07) is 4.34. The molecule has 1 N–H and O–H groups in total. The molecule has 0 spiro atoms. The van der Waals surface area contributed by atoms with Crippen LogP contribution in [0, 0.1) is 13.8 Å². The number of H-pyrrole nitrogens is 1. The summed E-state index contributed by atoms with van der Waals surface area (Å²) in [4.78, 5) is 7.08. The highest BCUT2D eigenvalue weighted by molar-refractivity contribution is 5.70. The molecule has 1 saturated heterocycles. The highest BCUT2D eigenvalue weighted by Gasteiger charge is 2.23. The average Bonchev–Trinajstić information content (AvgIpc) is 3.14. The first kappa shape index (κ1) is 14.2. The zero-order valence-electron chi connectivity index (χ0n) is 13.6. The van der Waals surface area contributed by atoms with E-state index < -0.39 is 0 Å². The number of aryl methyl sites for hydroxylation is 2. The molecular weight excluding hydrogens is 292 g/mol. The minimum Gasteiger partial charge on any atom is -0.377 e. The maximum absolute atomic E-state index is 5.54. The molecule has 1 atom stereocenters. The fourth-order valence-corrected chi connectivity index (χ4v) is 3.22. The summed E-state index contributed by atoms with van der Waals surface area (Å²) in [6.07, 6.45) is 1.78. The lowest BCUT2D eigenvalue weighted by atomic mass is 10.1. The molecule has 7 nitrogen and oxygen atoms in total. The fraction of sp³-hybridized carbons (Fsp3) is 0.438. The van der Waals surface area contributed by atoms with Crippen LogP contribution in [0.5, 0.6) is 0 Å². The molecule has 0 unspecified atom stereocenters. The molecule has 1 fully saturated rings. The molecule has 0 bridgehead atoms. The van der Waals surface area contributed by atoms with E-state index in [-0.39, 0.29) is 0 Å². The van der Waals surface area contributed by atoms with Crippen LogP contribution in [0.1, 0.15) is 18.3 Å². The summed E-state index contributed by atoms with van der Waals surface area (Å²) < 4.78 is 7.42. The zero-order chi connectivity index (χ0) is 16.0. The molecule has 120 valence electrons. The Kier molecular flexibility index (Phi) is 3.30. The van der Waals surface area contributed by atoms with E-state index in [0.29, 0.717) is 6.04 Å². The van der Waals surface area contributed by atoms with Crippen molar-refractivity contribution in [3.05, 3.63) is 29.7 Å². The topological polar surface area (TPSA) is 71.3 Å². The van der Waals surface area contributed by atoms with Gasteiger partial charge in [-0.3, -0.25) is 5.10 Å². The number of nitrogens with zero attached hydrogens (tertiary/aromatic N) is 5. The minimum absolute atomic E-state index is 0.306. The monoisotopic (exact) mass is 312 g/mol. The van der Waals surface area contributed by atoms with E-state index in [1.165, 1.54) is 0 Å². The van der Waals surface area contributed by atoms with E-state index in [2.05, 4.69) is 33.2 Å². The molecule has 0 radical (unpaired) electrons. The molecule has 7 heteroatoms. The summed E-state index contributed by atoms with van der Waals surface area (Å²) in [6.45, 7) is 8.51. The smallest absolute Gasteiger partial charge is 0.158 e. The molecular formula is C16H20N6O. The van der Waals surface area contributed by atoms with E-state index >= 15 is 0 Å². The first-order valence-electron chi connectivity index (χ1n) is 7.86. The van der Waals surface area contributed by atoms with E-state index in [0.717, 1.165) is 53.9 Å². The summed E-state index contributed by atoms with van der Waals surface area (Å²) in [5.74, 6) is 0.962. The van der Waals surface area contributed by atoms with Gasteiger partial charge in [0.15, 0.2) is 5.65 Å². The van der Waals surface area contributed by atoms with Gasteiger partial charge in [0, 0.05) is 29.9 Å². The number of anilines is 1. The lowest BCUT2D eigenvalue weighted by molar-refractivity contribution is 0.0985. The van der Waals surface area contributed by atoms with Crippen molar-refractivity contribution in [2.24, 2.45) is 0 Å². The number of hydrogen-bond donors (Lipinski definition) is 1. The third-order valence-electron chi connectivity index (χ3n) is 4.39. The Hall–Kier alpha value is -2.41. The number of ether oxygens (including phenoxy) is 1. The van der Waals surface area contributed by atoms with Crippen LogP contribution in [0.25, 0.3) is 16.9 Å². The van der Waals surface area contributed by atoms with E-state index in [1.807, 2.05) is 24.4 Å². The highest BCUT2D eigenvalue weighted by atomic mass is 16.5. The van der Waals surface area contributed by atoms with Gasteiger partial charge in [-0.1, -0.05) is 0 Å². The third kappa shape index (κ3) is 2.28. The number of morpholine rings is 1. The molecule has 4 rings (SSSR count). The van der Waals surface area contributed by atoms with Crippen LogP contribution in [0.2, 0.25) is 0 Å². The van der Waals surface area contributed by atoms with E-state index in [9.17, 15) is 0 Å². The van der Waals surface area contributed by atoms with Crippen LogP contribution in [-0.4, -0.2) is 50.6 Å². The largest absolute Gasteiger partial charge is 0.377 e. The number of nitrogens with one attached hydrogen (secondary N) is 1. The van der Waals surface area contributed by atoms with E-state index in [1.54, 1.807) is 6.20 Å². The van der Waals surface area contributed by atoms with Crippen LogP contribution >= 0.6 is 0 Å². The molecule has 1 aliphatic rings. The lowest BCUT2D eigenvalue weighted by Crippen LogP contribution is -2.44. The second kappa shape index (κ2) is 5.34. The Morgan fingerprint density at radius 1 is 1.35 bits per heavy atom. The molecule has 4 heterocycles. The van der Waals surface area contributed by atoms with Gasteiger partial charge in [-0.25, -0.2) is 9.50 Å². The maximum Gasteiger partial charge on any atom is 0.158 e. The van der Waals surface area contributed by atoms with Gasteiger partial charge in [0.05, 0.1) is 36.8 Å². The van der Waals surface area contributed by atoms with Gasteiger partial charge < -0.3 is 9.64 Å². The number of rotatable bonds is 2. The van der Waals surface area contributed by atoms with Gasteiger partial charge >= 0.3 is 0 Å². The zero-order valence-corrected chi connectivity index (χ0v) is 13.6.